The molecule has 84 valence electrons. The van der Waals surface area contributed by atoms with Gasteiger partial charge < -0.3 is 5.32 Å². The van der Waals surface area contributed by atoms with Gasteiger partial charge in [0.05, 0.1) is 5.75 Å². The van der Waals surface area contributed by atoms with E-state index in [1.807, 2.05) is 12.1 Å². The summed E-state index contributed by atoms with van der Waals surface area (Å²) in [5.74, 6) is 0.246. The molecular formula is C10H16N2O2S. The van der Waals surface area contributed by atoms with E-state index >= 15 is 0 Å². The predicted octanol–water partition coefficient (Wildman–Crippen LogP) is 0.606. The molecule has 15 heavy (non-hydrogen) atoms. The molecule has 1 N–H and O–H groups in total. The van der Waals surface area contributed by atoms with Gasteiger partial charge in [0.25, 0.3) is 0 Å². The zero-order valence-corrected chi connectivity index (χ0v) is 9.63. The van der Waals surface area contributed by atoms with Crippen molar-refractivity contribution in [1.29, 1.82) is 0 Å². The number of nitrogens with zero attached hydrogens (tertiary/aromatic N) is 1. The Kier molecular flexibility index (Phi) is 4.71. The van der Waals surface area contributed by atoms with Crippen molar-refractivity contribution in [2.45, 2.75) is 13.0 Å². The molecule has 0 aliphatic heterocycles. The summed E-state index contributed by atoms with van der Waals surface area (Å²) >= 11 is 0. The SMILES string of the molecule is CS(=O)(=O)CCCNCc1ccncc1. The molecular weight excluding hydrogens is 212 g/mol. The summed E-state index contributed by atoms with van der Waals surface area (Å²) in [4.78, 5) is 3.91. The molecule has 0 fully saturated rings. The Balaban J connectivity index is 2.13. The second kappa shape index (κ2) is 5.82. The van der Waals surface area contributed by atoms with Crippen LogP contribution in [0.15, 0.2) is 24.5 Å². The molecule has 0 saturated carbocycles. The van der Waals surface area contributed by atoms with Gasteiger partial charge in [-0.3, -0.25) is 4.98 Å². The van der Waals surface area contributed by atoms with Crippen LogP contribution in [0.3, 0.4) is 0 Å². The number of pyridine rings is 1. The summed E-state index contributed by atoms with van der Waals surface area (Å²) in [7, 11) is -2.82. The number of hydrogen-bond donors (Lipinski definition) is 1. The Bertz CT molecular complexity index is 376. The number of aromatic nitrogens is 1. The largest absolute Gasteiger partial charge is 0.313 e. The van der Waals surface area contributed by atoms with E-state index in [1.165, 1.54) is 6.26 Å². The maximum Gasteiger partial charge on any atom is 0.147 e. The first-order valence-electron chi connectivity index (χ1n) is 4.85. The Labute approximate surface area is 90.7 Å². The third-order valence-electron chi connectivity index (χ3n) is 1.95. The van der Waals surface area contributed by atoms with Crippen LogP contribution < -0.4 is 5.32 Å². The van der Waals surface area contributed by atoms with Crippen molar-refractivity contribution in [1.82, 2.24) is 10.3 Å². The standard InChI is InChI=1S/C10H16N2O2S/c1-15(13,14)8-2-5-12-9-10-3-6-11-7-4-10/h3-4,6-7,12H,2,5,8-9H2,1H3. The molecule has 4 nitrogen and oxygen atoms in total. The van der Waals surface area contributed by atoms with Crippen LogP contribution in [0.4, 0.5) is 0 Å². The quantitative estimate of drug-likeness (QED) is 0.725. The molecule has 0 aliphatic rings. The van der Waals surface area contributed by atoms with Gasteiger partial charge in [-0.15, -0.1) is 0 Å². The maximum atomic E-state index is 10.8. The molecule has 1 aromatic heterocycles. The second-order valence-corrected chi connectivity index (χ2v) is 5.78. The summed E-state index contributed by atoms with van der Waals surface area (Å²) in [6, 6.07) is 3.87. The molecule has 1 aromatic rings. The maximum absolute atomic E-state index is 10.8. The summed E-state index contributed by atoms with van der Waals surface area (Å²) in [5, 5.41) is 3.18. The highest BCUT2D eigenvalue weighted by Crippen LogP contribution is 1.95. The molecule has 1 heterocycles. The van der Waals surface area contributed by atoms with Crippen molar-refractivity contribution in [2.24, 2.45) is 0 Å². The van der Waals surface area contributed by atoms with Crippen molar-refractivity contribution in [3.05, 3.63) is 30.1 Å². The first kappa shape index (κ1) is 12.1. The lowest BCUT2D eigenvalue weighted by molar-refractivity contribution is 0.594. The number of nitrogens with one attached hydrogen (secondary N) is 1. The van der Waals surface area contributed by atoms with Crippen LogP contribution in [-0.2, 0) is 16.4 Å². The lowest BCUT2D eigenvalue weighted by Gasteiger charge is -2.03. The zero-order valence-electron chi connectivity index (χ0n) is 8.81. The van der Waals surface area contributed by atoms with Crippen LogP contribution in [0.25, 0.3) is 0 Å². The first-order chi connectivity index (χ1) is 7.08. The van der Waals surface area contributed by atoms with Crippen LogP contribution in [0, 0.1) is 0 Å². The van der Waals surface area contributed by atoms with E-state index in [9.17, 15) is 8.42 Å². The fourth-order valence-corrected chi connectivity index (χ4v) is 1.86. The highest BCUT2D eigenvalue weighted by molar-refractivity contribution is 7.90. The van der Waals surface area contributed by atoms with Crippen LogP contribution in [0.5, 0.6) is 0 Å². The van der Waals surface area contributed by atoms with E-state index in [-0.39, 0.29) is 5.75 Å². The van der Waals surface area contributed by atoms with Crippen LogP contribution in [0.1, 0.15) is 12.0 Å². The molecule has 0 bridgehead atoms. The van der Waals surface area contributed by atoms with Crippen molar-refractivity contribution >= 4 is 9.84 Å². The fourth-order valence-electron chi connectivity index (χ4n) is 1.19. The van der Waals surface area contributed by atoms with Crippen LogP contribution in [-0.4, -0.2) is 32.0 Å². The van der Waals surface area contributed by atoms with Gasteiger partial charge in [0.1, 0.15) is 9.84 Å². The van der Waals surface area contributed by atoms with Gasteiger partial charge in [-0.05, 0) is 30.7 Å². The minimum atomic E-state index is -2.82. The van der Waals surface area contributed by atoms with Gasteiger partial charge in [0.2, 0.25) is 0 Å². The normalized spacial score (nSPS) is 11.5. The average Bonchev–Trinajstić information content (AvgIpc) is 2.17. The Morgan fingerprint density at radius 1 is 1.33 bits per heavy atom. The van der Waals surface area contributed by atoms with Crippen LogP contribution in [0.2, 0.25) is 0 Å². The highest BCUT2D eigenvalue weighted by atomic mass is 32.2. The molecule has 0 spiro atoms. The smallest absolute Gasteiger partial charge is 0.147 e. The monoisotopic (exact) mass is 228 g/mol. The molecule has 0 aromatic carbocycles. The topological polar surface area (TPSA) is 59.1 Å². The van der Waals surface area contributed by atoms with Gasteiger partial charge in [0.15, 0.2) is 0 Å². The summed E-state index contributed by atoms with van der Waals surface area (Å²) < 4.78 is 21.7. The molecule has 0 aliphatic carbocycles. The Morgan fingerprint density at radius 2 is 2.00 bits per heavy atom. The van der Waals surface area contributed by atoms with E-state index in [0.29, 0.717) is 6.42 Å². The van der Waals surface area contributed by atoms with E-state index in [1.54, 1.807) is 12.4 Å². The van der Waals surface area contributed by atoms with Crippen molar-refractivity contribution in [2.75, 3.05) is 18.6 Å². The van der Waals surface area contributed by atoms with E-state index < -0.39 is 9.84 Å². The third kappa shape index (κ3) is 6.19. The third-order valence-corrected chi connectivity index (χ3v) is 2.98. The van der Waals surface area contributed by atoms with Crippen LogP contribution >= 0.6 is 0 Å². The molecule has 0 radical (unpaired) electrons. The zero-order chi connectivity index (χ0) is 11.1. The Morgan fingerprint density at radius 3 is 2.60 bits per heavy atom. The Hall–Kier alpha value is -0.940. The molecule has 0 unspecified atom stereocenters. The summed E-state index contributed by atoms with van der Waals surface area (Å²) in [6.45, 7) is 1.47. The lowest BCUT2D eigenvalue weighted by Crippen LogP contribution is -2.17. The van der Waals surface area contributed by atoms with Crippen molar-refractivity contribution in [3.8, 4) is 0 Å². The van der Waals surface area contributed by atoms with Gasteiger partial charge in [-0.1, -0.05) is 0 Å². The molecule has 1 rings (SSSR count). The van der Waals surface area contributed by atoms with E-state index in [0.717, 1.165) is 18.7 Å². The van der Waals surface area contributed by atoms with Crippen molar-refractivity contribution in [3.63, 3.8) is 0 Å². The highest BCUT2D eigenvalue weighted by Gasteiger charge is 2.00. The predicted molar refractivity (Wildman–Crippen MR) is 60.3 cm³/mol. The summed E-state index contributed by atoms with van der Waals surface area (Å²) in [6.07, 6.45) is 5.40. The first-order valence-corrected chi connectivity index (χ1v) is 6.91. The van der Waals surface area contributed by atoms with Gasteiger partial charge in [-0.25, -0.2) is 8.42 Å². The second-order valence-electron chi connectivity index (χ2n) is 3.52. The number of rotatable bonds is 6. The van der Waals surface area contributed by atoms with E-state index in [2.05, 4.69) is 10.3 Å². The molecule has 0 amide bonds. The average molecular weight is 228 g/mol. The van der Waals surface area contributed by atoms with Crippen molar-refractivity contribution < 1.29 is 8.42 Å². The van der Waals surface area contributed by atoms with Gasteiger partial charge in [0, 0.05) is 25.2 Å². The van der Waals surface area contributed by atoms with Gasteiger partial charge >= 0.3 is 0 Å². The van der Waals surface area contributed by atoms with Gasteiger partial charge in [-0.2, -0.15) is 0 Å². The number of sulfone groups is 1. The minimum absolute atomic E-state index is 0.246. The molecule has 0 saturated heterocycles. The van der Waals surface area contributed by atoms with E-state index in [4.69, 9.17) is 0 Å². The minimum Gasteiger partial charge on any atom is -0.313 e. The lowest BCUT2D eigenvalue weighted by atomic mass is 10.3. The molecule has 5 heteroatoms. The summed E-state index contributed by atoms with van der Waals surface area (Å²) in [5.41, 5.74) is 1.16. The fraction of sp³-hybridized carbons (Fsp3) is 0.500. The number of hydrogen-bond acceptors (Lipinski definition) is 4. The molecule has 0 atom stereocenters.